The van der Waals surface area contributed by atoms with Gasteiger partial charge in [0.05, 0.1) is 0 Å². The first kappa shape index (κ1) is 28.8. The van der Waals surface area contributed by atoms with Crippen molar-refractivity contribution >= 4 is 0 Å². The summed E-state index contributed by atoms with van der Waals surface area (Å²) in [5.74, 6) is 1.67. The number of hydrogen-bond donors (Lipinski definition) is 4. The molecule has 0 amide bonds. The second kappa shape index (κ2) is 22.5. The highest BCUT2D eigenvalue weighted by molar-refractivity contribution is 4.68. The Morgan fingerprint density at radius 2 is 1.24 bits per heavy atom. The molecule has 29 heavy (non-hydrogen) atoms. The van der Waals surface area contributed by atoms with Gasteiger partial charge in [0.25, 0.3) is 0 Å². The molecule has 0 spiro atoms. The van der Waals surface area contributed by atoms with Gasteiger partial charge < -0.3 is 26.6 Å². The summed E-state index contributed by atoms with van der Waals surface area (Å²) in [6, 6.07) is 0. The van der Waals surface area contributed by atoms with Crippen molar-refractivity contribution in [2.45, 2.75) is 79.1 Å². The molecule has 0 saturated heterocycles. The van der Waals surface area contributed by atoms with Gasteiger partial charge in [0, 0.05) is 58.9 Å². The van der Waals surface area contributed by atoms with Crippen molar-refractivity contribution in [3.63, 3.8) is 0 Å². The largest absolute Gasteiger partial charge is 0.329 e. The molecular weight excluding hydrogens is 358 g/mol. The zero-order chi connectivity index (χ0) is 21.6. The third kappa shape index (κ3) is 18.3. The summed E-state index contributed by atoms with van der Waals surface area (Å²) in [6.07, 6.45) is 10.6. The van der Waals surface area contributed by atoms with Crippen molar-refractivity contribution in [1.82, 2.24) is 20.9 Å². The molecule has 0 heterocycles. The van der Waals surface area contributed by atoms with Gasteiger partial charge in [-0.1, -0.05) is 66.2 Å². The molecule has 0 aromatic carbocycles. The van der Waals surface area contributed by atoms with Crippen LogP contribution < -0.4 is 21.7 Å². The molecule has 0 fully saturated rings. The maximum atomic E-state index is 5.83. The first-order valence-electron chi connectivity index (χ1n) is 12.8. The molecule has 0 aliphatic rings. The van der Waals surface area contributed by atoms with Gasteiger partial charge in [-0.25, -0.2) is 0 Å². The smallest absolute Gasteiger partial charge is 0.0107 e. The number of nitrogens with one attached hydrogen (secondary N) is 3. The number of nitrogens with zero attached hydrogens (tertiary/aromatic N) is 1. The Balaban J connectivity index is 3.66. The zero-order valence-corrected chi connectivity index (χ0v) is 20.4. The van der Waals surface area contributed by atoms with E-state index in [1.54, 1.807) is 0 Å². The SMILES string of the molecule is CCCCC(CC)CNCCNCCNCCN(CCN)CC(CC)CCCC. The van der Waals surface area contributed by atoms with E-state index in [1.165, 1.54) is 64.5 Å². The fourth-order valence-corrected chi connectivity index (χ4v) is 3.85. The molecule has 0 bridgehead atoms. The highest BCUT2D eigenvalue weighted by Gasteiger charge is 2.11. The van der Waals surface area contributed by atoms with Crippen LogP contribution in [0.4, 0.5) is 0 Å². The van der Waals surface area contributed by atoms with Crippen LogP contribution in [-0.4, -0.2) is 70.3 Å². The monoisotopic (exact) mass is 413 g/mol. The summed E-state index contributed by atoms with van der Waals surface area (Å²) >= 11 is 0. The number of nitrogens with two attached hydrogens (primary N) is 1. The third-order valence-electron chi connectivity index (χ3n) is 6.04. The lowest BCUT2D eigenvalue weighted by molar-refractivity contribution is 0.224. The maximum absolute atomic E-state index is 5.83. The van der Waals surface area contributed by atoms with E-state index in [0.29, 0.717) is 0 Å². The molecule has 2 unspecified atom stereocenters. The first-order valence-corrected chi connectivity index (χ1v) is 12.8. The standard InChI is InChI=1S/C24H55N5/c1-5-9-11-23(7-3)21-28-17-16-26-14-15-27-18-20-29(19-13-25)22-24(8-4)12-10-6-2/h23-24,26-28H,5-22,25H2,1-4H3. The summed E-state index contributed by atoms with van der Waals surface area (Å²) < 4.78 is 0. The van der Waals surface area contributed by atoms with Crippen molar-refractivity contribution in [2.75, 3.05) is 65.4 Å². The molecule has 0 aromatic heterocycles. The van der Waals surface area contributed by atoms with Crippen molar-refractivity contribution in [2.24, 2.45) is 17.6 Å². The number of unbranched alkanes of at least 4 members (excludes halogenated alkanes) is 2. The van der Waals surface area contributed by atoms with Gasteiger partial charge in [0.15, 0.2) is 0 Å². The quantitative estimate of drug-likeness (QED) is 0.193. The van der Waals surface area contributed by atoms with Crippen LogP contribution in [0.15, 0.2) is 0 Å². The van der Waals surface area contributed by atoms with Crippen LogP contribution in [0, 0.1) is 11.8 Å². The van der Waals surface area contributed by atoms with Gasteiger partial charge in [-0.05, 0) is 31.2 Å². The molecule has 2 atom stereocenters. The van der Waals surface area contributed by atoms with E-state index in [-0.39, 0.29) is 0 Å². The molecule has 5 nitrogen and oxygen atoms in total. The fourth-order valence-electron chi connectivity index (χ4n) is 3.85. The van der Waals surface area contributed by atoms with Crippen molar-refractivity contribution < 1.29 is 0 Å². The summed E-state index contributed by atoms with van der Waals surface area (Å²) in [4.78, 5) is 2.55. The van der Waals surface area contributed by atoms with Crippen LogP contribution in [0.2, 0.25) is 0 Å². The molecule has 176 valence electrons. The first-order chi connectivity index (χ1) is 14.2. The molecular formula is C24H55N5. The minimum absolute atomic E-state index is 0.760. The lowest BCUT2D eigenvalue weighted by atomic mass is 9.98. The average molecular weight is 414 g/mol. The fraction of sp³-hybridized carbons (Fsp3) is 1.00. The molecule has 0 aromatic rings. The predicted octanol–water partition coefficient (Wildman–Crippen LogP) is 3.45. The maximum Gasteiger partial charge on any atom is 0.0107 e. The molecule has 0 radical (unpaired) electrons. The Hall–Kier alpha value is -0.200. The minimum atomic E-state index is 0.760. The lowest BCUT2D eigenvalue weighted by Crippen LogP contribution is -2.40. The predicted molar refractivity (Wildman–Crippen MR) is 131 cm³/mol. The summed E-state index contributed by atoms with van der Waals surface area (Å²) in [5.41, 5.74) is 5.83. The molecule has 0 rings (SSSR count). The van der Waals surface area contributed by atoms with Gasteiger partial charge in [0.1, 0.15) is 0 Å². The van der Waals surface area contributed by atoms with Crippen molar-refractivity contribution in [3.05, 3.63) is 0 Å². The van der Waals surface area contributed by atoms with E-state index in [0.717, 1.165) is 64.2 Å². The average Bonchev–Trinajstić information content (AvgIpc) is 2.74. The van der Waals surface area contributed by atoms with E-state index in [9.17, 15) is 0 Å². The third-order valence-corrected chi connectivity index (χ3v) is 6.04. The van der Waals surface area contributed by atoms with Crippen LogP contribution in [0.1, 0.15) is 79.1 Å². The van der Waals surface area contributed by atoms with E-state index in [1.807, 2.05) is 0 Å². The van der Waals surface area contributed by atoms with Crippen LogP contribution in [0.3, 0.4) is 0 Å². The van der Waals surface area contributed by atoms with E-state index in [2.05, 4.69) is 48.5 Å². The highest BCUT2D eigenvalue weighted by Crippen LogP contribution is 2.14. The van der Waals surface area contributed by atoms with Crippen LogP contribution in [0.25, 0.3) is 0 Å². The second-order valence-electron chi connectivity index (χ2n) is 8.63. The minimum Gasteiger partial charge on any atom is -0.329 e. The molecule has 0 aliphatic heterocycles. The zero-order valence-electron chi connectivity index (χ0n) is 20.4. The Labute approximate surface area is 183 Å². The van der Waals surface area contributed by atoms with Crippen LogP contribution >= 0.6 is 0 Å². The lowest BCUT2D eigenvalue weighted by Gasteiger charge is -2.26. The Bertz CT molecular complexity index is 314. The summed E-state index contributed by atoms with van der Waals surface area (Å²) in [6.45, 7) is 19.7. The van der Waals surface area contributed by atoms with Gasteiger partial charge in [0.2, 0.25) is 0 Å². The van der Waals surface area contributed by atoms with Crippen LogP contribution in [-0.2, 0) is 0 Å². The second-order valence-corrected chi connectivity index (χ2v) is 8.63. The normalized spacial score (nSPS) is 13.9. The molecule has 0 aliphatic carbocycles. The number of hydrogen-bond acceptors (Lipinski definition) is 5. The van der Waals surface area contributed by atoms with Crippen LogP contribution in [0.5, 0.6) is 0 Å². The van der Waals surface area contributed by atoms with Gasteiger partial charge in [-0.3, -0.25) is 0 Å². The Kier molecular flexibility index (Phi) is 22.3. The molecule has 5 N–H and O–H groups in total. The van der Waals surface area contributed by atoms with E-state index in [4.69, 9.17) is 5.73 Å². The van der Waals surface area contributed by atoms with Crippen molar-refractivity contribution in [1.29, 1.82) is 0 Å². The summed E-state index contributed by atoms with van der Waals surface area (Å²) in [7, 11) is 0. The summed E-state index contributed by atoms with van der Waals surface area (Å²) in [5, 5.41) is 10.7. The van der Waals surface area contributed by atoms with Gasteiger partial charge in [-0.2, -0.15) is 0 Å². The Morgan fingerprint density at radius 1 is 0.690 bits per heavy atom. The van der Waals surface area contributed by atoms with E-state index < -0.39 is 0 Å². The molecule has 0 saturated carbocycles. The highest BCUT2D eigenvalue weighted by atomic mass is 15.1. The number of rotatable bonds is 23. The van der Waals surface area contributed by atoms with Gasteiger partial charge in [-0.15, -0.1) is 0 Å². The topological polar surface area (TPSA) is 65.3 Å². The van der Waals surface area contributed by atoms with Crippen molar-refractivity contribution in [3.8, 4) is 0 Å². The molecule has 5 heteroatoms. The van der Waals surface area contributed by atoms with E-state index >= 15 is 0 Å². The van der Waals surface area contributed by atoms with Gasteiger partial charge >= 0.3 is 0 Å². The Morgan fingerprint density at radius 3 is 1.79 bits per heavy atom.